The largest absolute Gasteiger partial charge is 1.00 e. The zero-order valence-corrected chi connectivity index (χ0v) is 18.6. The van der Waals surface area contributed by atoms with Crippen LogP contribution in [0.3, 0.4) is 0 Å². The summed E-state index contributed by atoms with van der Waals surface area (Å²) in [6.45, 7) is 3.47. The van der Waals surface area contributed by atoms with Crippen molar-refractivity contribution in [1.29, 1.82) is 0 Å². The Labute approximate surface area is 175 Å². The monoisotopic (exact) mass is 431 g/mol. The van der Waals surface area contributed by atoms with Crippen LogP contribution < -0.4 is 17.0 Å². The molecule has 0 saturated carbocycles. The van der Waals surface area contributed by atoms with Gasteiger partial charge < -0.3 is 26.6 Å². The molecule has 0 aliphatic carbocycles. The second kappa shape index (κ2) is 9.75. The van der Waals surface area contributed by atoms with E-state index >= 15 is 0 Å². The number of aromatic hydroxyl groups is 1. The molecule has 148 valence electrons. The zero-order chi connectivity index (χ0) is 18.6. The van der Waals surface area contributed by atoms with Crippen molar-refractivity contribution in [2.45, 2.75) is 57.4 Å². The van der Waals surface area contributed by atoms with Crippen LogP contribution in [-0.2, 0) is 6.42 Å². The standard InChI is InChI=1S/C24H33NO.BrH/c1-4-10-19-14-15-24(26)23(17-19)22(20-11-6-5-7-12-20)18-21-13-8-9-16-25(21,2)3;/h5-7,11-12,14-15,17,21-22H,4,8-10,13,16,18H2,1-3H3;1H. The number of likely N-dealkylation sites (tertiary alicyclic amines) is 1. The van der Waals surface area contributed by atoms with Crippen molar-refractivity contribution >= 4 is 0 Å². The van der Waals surface area contributed by atoms with Gasteiger partial charge in [-0.3, -0.25) is 0 Å². The Morgan fingerprint density at radius 3 is 2.48 bits per heavy atom. The van der Waals surface area contributed by atoms with Crippen LogP contribution in [0.15, 0.2) is 48.5 Å². The number of halogens is 1. The minimum atomic E-state index is 0. The molecule has 1 N–H and O–H groups in total. The number of nitrogens with zero attached hydrogens (tertiary/aromatic N) is 1. The minimum absolute atomic E-state index is 0. The number of piperidine rings is 1. The van der Waals surface area contributed by atoms with Gasteiger partial charge in [0.1, 0.15) is 5.75 Å². The van der Waals surface area contributed by atoms with E-state index in [0.29, 0.717) is 11.8 Å². The van der Waals surface area contributed by atoms with Gasteiger partial charge in [-0.1, -0.05) is 55.8 Å². The van der Waals surface area contributed by atoms with Crippen molar-refractivity contribution in [3.05, 3.63) is 65.2 Å². The van der Waals surface area contributed by atoms with E-state index in [1.54, 1.807) is 0 Å². The molecular weight excluding hydrogens is 398 g/mol. The van der Waals surface area contributed by atoms with Gasteiger partial charge in [-0.2, -0.15) is 0 Å². The molecule has 3 rings (SSSR count). The lowest BCUT2D eigenvalue weighted by molar-refractivity contribution is -0.920. The van der Waals surface area contributed by atoms with Crippen molar-refractivity contribution in [1.82, 2.24) is 0 Å². The molecule has 0 spiro atoms. The normalized spacial score (nSPS) is 19.9. The maximum Gasteiger partial charge on any atom is 0.119 e. The Balaban J connectivity index is 0.00000261. The van der Waals surface area contributed by atoms with E-state index in [1.165, 1.54) is 36.9 Å². The number of hydrogen-bond donors (Lipinski definition) is 1. The smallest absolute Gasteiger partial charge is 0.119 e. The average Bonchev–Trinajstić information content (AvgIpc) is 2.63. The molecule has 2 unspecified atom stereocenters. The van der Waals surface area contributed by atoms with Gasteiger partial charge in [-0.25, -0.2) is 0 Å². The van der Waals surface area contributed by atoms with Crippen LogP contribution in [0.1, 0.15) is 61.6 Å². The predicted molar refractivity (Wildman–Crippen MR) is 110 cm³/mol. The van der Waals surface area contributed by atoms with Gasteiger partial charge >= 0.3 is 0 Å². The second-order valence-electron chi connectivity index (χ2n) is 8.49. The van der Waals surface area contributed by atoms with Crippen molar-refractivity contribution < 1.29 is 26.6 Å². The fraction of sp³-hybridized carbons (Fsp3) is 0.500. The Hall–Kier alpha value is -1.32. The summed E-state index contributed by atoms with van der Waals surface area (Å²) in [4.78, 5) is 0. The molecule has 0 aromatic heterocycles. The van der Waals surface area contributed by atoms with E-state index in [-0.39, 0.29) is 22.9 Å². The van der Waals surface area contributed by atoms with Gasteiger partial charge in [0.2, 0.25) is 0 Å². The summed E-state index contributed by atoms with van der Waals surface area (Å²) in [5, 5.41) is 10.7. The van der Waals surface area contributed by atoms with Crippen LogP contribution in [0.5, 0.6) is 5.75 Å². The van der Waals surface area contributed by atoms with E-state index in [0.717, 1.165) is 29.3 Å². The van der Waals surface area contributed by atoms with Crippen LogP contribution in [0, 0.1) is 0 Å². The van der Waals surface area contributed by atoms with Gasteiger partial charge in [0.25, 0.3) is 0 Å². The third kappa shape index (κ3) is 5.36. The van der Waals surface area contributed by atoms with Crippen LogP contribution in [0.4, 0.5) is 0 Å². The molecule has 2 aromatic carbocycles. The highest BCUT2D eigenvalue weighted by molar-refractivity contribution is 5.44. The topological polar surface area (TPSA) is 20.2 Å². The second-order valence-corrected chi connectivity index (χ2v) is 8.49. The summed E-state index contributed by atoms with van der Waals surface area (Å²) in [5.74, 6) is 0.702. The van der Waals surface area contributed by atoms with Crippen LogP contribution in [0.2, 0.25) is 0 Å². The molecule has 3 heteroatoms. The Bertz CT molecular complexity index is 714. The molecule has 1 heterocycles. The number of quaternary nitrogens is 1. The first kappa shape index (κ1) is 22.0. The molecule has 0 amide bonds. The van der Waals surface area contributed by atoms with Crippen molar-refractivity contribution in [2.24, 2.45) is 0 Å². The first-order chi connectivity index (χ1) is 12.5. The lowest BCUT2D eigenvalue weighted by Crippen LogP contribution is -3.00. The number of benzene rings is 2. The lowest BCUT2D eigenvalue weighted by atomic mass is 9.81. The van der Waals surface area contributed by atoms with Crippen LogP contribution in [0.25, 0.3) is 0 Å². The summed E-state index contributed by atoms with van der Waals surface area (Å²) in [6, 6.07) is 17.6. The van der Waals surface area contributed by atoms with Gasteiger partial charge in [0.05, 0.1) is 26.7 Å². The molecule has 1 saturated heterocycles. The molecule has 0 radical (unpaired) electrons. The molecule has 1 aliphatic heterocycles. The average molecular weight is 432 g/mol. The molecule has 27 heavy (non-hydrogen) atoms. The summed E-state index contributed by atoms with van der Waals surface area (Å²) >= 11 is 0. The lowest BCUT2D eigenvalue weighted by Gasteiger charge is -2.43. The summed E-state index contributed by atoms with van der Waals surface area (Å²) in [6.07, 6.45) is 7.24. The summed E-state index contributed by atoms with van der Waals surface area (Å²) in [5.41, 5.74) is 3.76. The maximum atomic E-state index is 10.7. The van der Waals surface area contributed by atoms with E-state index in [2.05, 4.69) is 63.5 Å². The van der Waals surface area contributed by atoms with E-state index < -0.39 is 0 Å². The summed E-state index contributed by atoms with van der Waals surface area (Å²) in [7, 11) is 4.75. The number of hydrogen-bond acceptors (Lipinski definition) is 1. The van der Waals surface area contributed by atoms with E-state index in [9.17, 15) is 5.11 Å². The van der Waals surface area contributed by atoms with E-state index in [1.807, 2.05) is 6.07 Å². The quantitative estimate of drug-likeness (QED) is 0.696. The number of phenolic OH excluding ortho intramolecular Hbond substituents is 1. The van der Waals surface area contributed by atoms with Gasteiger partial charge in [-0.15, -0.1) is 0 Å². The van der Waals surface area contributed by atoms with Crippen molar-refractivity contribution in [3.63, 3.8) is 0 Å². The van der Waals surface area contributed by atoms with Crippen LogP contribution >= 0.6 is 0 Å². The third-order valence-corrected chi connectivity index (χ3v) is 6.23. The van der Waals surface area contributed by atoms with Crippen molar-refractivity contribution in [3.8, 4) is 5.75 Å². The highest BCUT2D eigenvalue weighted by Gasteiger charge is 2.34. The Morgan fingerprint density at radius 2 is 1.81 bits per heavy atom. The SMILES string of the molecule is CCCc1ccc(O)c(C(CC2CCCC[N+]2(C)C)c2ccccc2)c1.[Br-]. The highest BCUT2D eigenvalue weighted by atomic mass is 79.9. The molecule has 2 atom stereocenters. The number of rotatable bonds is 6. The highest BCUT2D eigenvalue weighted by Crippen LogP contribution is 2.39. The van der Waals surface area contributed by atoms with E-state index in [4.69, 9.17) is 0 Å². The molecule has 0 bridgehead atoms. The Morgan fingerprint density at radius 1 is 1.07 bits per heavy atom. The van der Waals surface area contributed by atoms with Crippen LogP contribution in [-0.4, -0.2) is 36.3 Å². The molecular formula is C24H34BrNO. The minimum Gasteiger partial charge on any atom is -1.00 e. The molecule has 2 nitrogen and oxygen atoms in total. The molecule has 1 aliphatic rings. The number of aryl methyl sites for hydroxylation is 1. The fourth-order valence-electron chi connectivity index (χ4n) is 4.56. The number of phenols is 1. The zero-order valence-electron chi connectivity index (χ0n) is 17.0. The third-order valence-electron chi connectivity index (χ3n) is 6.23. The van der Waals surface area contributed by atoms with Gasteiger partial charge in [0.15, 0.2) is 0 Å². The van der Waals surface area contributed by atoms with Gasteiger partial charge in [0, 0.05) is 17.9 Å². The molecule has 2 aromatic rings. The summed E-state index contributed by atoms with van der Waals surface area (Å²) < 4.78 is 1.10. The van der Waals surface area contributed by atoms with Crippen molar-refractivity contribution in [2.75, 3.05) is 20.6 Å². The first-order valence-corrected chi connectivity index (χ1v) is 10.2. The predicted octanol–water partition coefficient (Wildman–Crippen LogP) is 2.50. The maximum absolute atomic E-state index is 10.7. The first-order valence-electron chi connectivity index (χ1n) is 10.2. The fourth-order valence-corrected chi connectivity index (χ4v) is 4.56. The Kier molecular flexibility index (Phi) is 7.93. The molecule has 1 fully saturated rings. The van der Waals surface area contributed by atoms with Gasteiger partial charge in [-0.05, 0) is 42.9 Å².